The molecule has 0 bridgehead atoms. The van der Waals surface area contributed by atoms with Crippen molar-refractivity contribution in [3.05, 3.63) is 81.5 Å². The van der Waals surface area contributed by atoms with Crippen LogP contribution in [0.5, 0.6) is 5.75 Å². The third kappa shape index (κ3) is 6.63. The fourth-order valence-corrected chi connectivity index (χ4v) is 5.27. The number of hydrazone groups is 1. The molecular weight excluding hydrogens is 509 g/mol. The zero-order chi connectivity index (χ0) is 27.1. The zero-order valence-corrected chi connectivity index (χ0v) is 21.9. The summed E-state index contributed by atoms with van der Waals surface area (Å²) in [5.74, 6) is -1.21. The van der Waals surface area contributed by atoms with Crippen molar-refractivity contribution < 1.29 is 28.2 Å². The molecule has 0 spiro atoms. The molecule has 8 nitrogen and oxygen atoms in total. The van der Waals surface area contributed by atoms with Gasteiger partial charge in [-0.1, -0.05) is 12.1 Å². The molecule has 0 aliphatic heterocycles. The number of ether oxygens (including phenoxy) is 2. The zero-order valence-electron chi connectivity index (χ0n) is 21.1. The third-order valence-electron chi connectivity index (χ3n) is 5.93. The van der Waals surface area contributed by atoms with E-state index in [0.29, 0.717) is 27.4 Å². The van der Waals surface area contributed by atoms with Crippen molar-refractivity contribution in [1.29, 1.82) is 0 Å². The van der Waals surface area contributed by atoms with Gasteiger partial charge in [0, 0.05) is 10.4 Å². The Kier molecular flexibility index (Phi) is 8.85. The molecule has 10 heteroatoms. The van der Waals surface area contributed by atoms with Crippen LogP contribution >= 0.6 is 11.3 Å². The van der Waals surface area contributed by atoms with Crippen LogP contribution in [0.2, 0.25) is 0 Å². The lowest BCUT2D eigenvalue weighted by atomic mass is 9.95. The predicted molar refractivity (Wildman–Crippen MR) is 144 cm³/mol. The van der Waals surface area contributed by atoms with E-state index in [1.165, 1.54) is 41.8 Å². The molecule has 1 atom stereocenters. The summed E-state index contributed by atoms with van der Waals surface area (Å²) in [5, 5.41) is 7.24. The number of aryl methyl sites for hydroxylation is 1. The number of carbonyl (C=O) groups is 3. The van der Waals surface area contributed by atoms with Crippen LogP contribution in [-0.2, 0) is 22.4 Å². The molecule has 38 heavy (non-hydrogen) atoms. The number of amides is 2. The summed E-state index contributed by atoms with van der Waals surface area (Å²) >= 11 is 1.43. The monoisotopic (exact) mass is 537 g/mol. The fourth-order valence-electron chi connectivity index (χ4n) is 4.00. The van der Waals surface area contributed by atoms with E-state index in [0.717, 1.165) is 36.1 Å². The van der Waals surface area contributed by atoms with Crippen LogP contribution in [0.4, 0.5) is 9.39 Å². The van der Waals surface area contributed by atoms with Crippen molar-refractivity contribution in [1.82, 2.24) is 5.43 Å². The van der Waals surface area contributed by atoms with Crippen LogP contribution in [0.3, 0.4) is 0 Å². The number of fused-ring (bicyclic) bond motifs is 1. The summed E-state index contributed by atoms with van der Waals surface area (Å²) in [4.78, 5) is 39.0. The molecule has 0 saturated carbocycles. The average molecular weight is 538 g/mol. The minimum atomic E-state index is -0.857. The van der Waals surface area contributed by atoms with E-state index in [9.17, 15) is 18.8 Å². The number of anilines is 1. The number of benzene rings is 2. The molecule has 3 aromatic rings. The van der Waals surface area contributed by atoms with Crippen molar-refractivity contribution in [2.24, 2.45) is 5.10 Å². The van der Waals surface area contributed by atoms with Gasteiger partial charge in [-0.15, -0.1) is 11.3 Å². The smallest absolute Gasteiger partial charge is 0.341 e. The van der Waals surface area contributed by atoms with Crippen molar-refractivity contribution in [3.63, 3.8) is 0 Å². The van der Waals surface area contributed by atoms with Crippen LogP contribution in [0, 0.1) is 5.82 Å². The highest BCUT2D eigenvalue weighted by Gasteiger charge is 2.27. The first-order chi connectivity index (χ1) is 18.4. The van der Waals surface area contributed by atoms with E-state index in [2.05, 4.69) is 15.8 Å². The summed E-state index contributed by atoms with van der Waals surface area (Å²) in [6.45, 7) is 3.58. The average Bonchev–Trinajstić information content (AvgIpc) is 3.28. The Bertz CT molecular complexity index is 1340. The highest BCUT2D eigenvalue weighted by Crippen LogP contribution is 2.38. The first-order valence-corrected chi connectivity index (χ1v) is 13.2. The highest BCUT2D eigenvalue weighted by molar-refractivity contribution is 7.17. The van der Waals surface area contributed by atoms with Gasteiger partial charge in [0.15, 0.2) is 6.10 Å². The molecular formula is C28H28FN3O5S. The van der Waals surface area contributed by atoms with Crippen molar-refractivity contribution >= 4 is 40.3 Å². The number of hydrogen-bond donors (Lipinski definition) is 2. The molecule has 2 N–H and O–H groups in total. The second-order valence-corrected chi connectivity index (χ2v) is 9.77. The molecule has 0 unspecified atom stereocenters. The van der Waals surface area contributed by atoms with Gasteiger partial charge in [-0.3, -0.25) is 9.59 Å². The number of hydrogen-bond acceptors (Lipinski definition) is 7. The first-order valence-electron chi connectivity index (χ1n) is 12.3. The molecule has 0 radical (unpaired) electrons. The van der Waals surface area contributed by atoms with Gasteiger partial charge in [-0.05, 0) is 87.1 Å². The van der Waals surface area contributed by atoms with Gasteiger partial charge >= 0.3 is 5.97 Å². The van der Waals surface area contributed by atoms with Crippen LogP contribution < -0.4 is 15.5 Å². The van der Waals surface area contributed by atoms with Crippen molar-refractivity contribution in [2.75, 3.05) is 11.9 Å². The first kappa shape index (κ1) is 27.0. The van der Waals surface area contributed by atoms with Gasteiger partial charge in [-0.25, -0.2) is 14.6 Å². The normalized spacial score (nSPS) is 13.4. The second kappa shape index (κ2) is 12.5. The Morgan fingerprint density at radius 1 is 1.08 bits per heavy atom. The molecule has 1 heterocycles. The number of carbonyl (C=O) groups excluding carboxylic acids is 3. The largest absolute Gasteiger partial charge is 0.481 e. The number of nitrogens with one attached hydrogen (secondary N) is 2. The standard InChI is InChI=1S/C28H28FN3O5S/c1-3-36-28(35)24-22-6-4-5-7-23(22)38-27(24)31-26(34)19-10-14-21(15-11-19)37-17(2)25(33)32-30-16-18-8-12-20(29)13-9-18/h8-17H,3-7H2,1-2H3,(H,31,34)(H,32,33)/b30-16-/t17-/m1/s1. The van der Waals surface area contributed by atoms with Gasteiger partial charge in [-0.2, -0.15) is 5.10 Å². The summed E-state index contributed by atoms with van der Waals surface area (Å²) < 4.78 is 23.9. The summed E-state index contributed by atoms with van der Waals surface area (Å²) in [5.41, 5.74) is 4.82. The van der Waals surface area contributed by atoms with Gasteiger partial charge in [0.1, 0.15) is 16.6 Å². The number of halogens is 1. The quantitative estimate of drug-likeness (QED) is 0.224. The maximum absolute atomic E-state index is 13.0. The second-order valence-electron chi connectivity index (χ2n) is 8.66. The lowest BCUT2D eigenvalue weighted by Gasteiger charge is -2.13. The van der Waals surface area contributed by atoms with Gasteiger partial charge in [0.2, 0.25) is 0 Å². The van der Waals surface area contributed by atoms with Gasteiger partial charge in [0.05, 0.1) is 18.4 Å². The lowest BCUT2D eigenvalue weighted by molar-refractivity contribution is -0.127. The van der Waals surface area contributed by atoms with Crippen LogP contribution in [0.1, 0.15) is 63.4 Å². The summed E-state index contributed by atoms with van der Waals surface area (Å²) in [6.07, 6.45) is 4.28. The topological polar surface area (TPSA) is 106 Å². The van der Waals surface area contributed by atoms with E-state index in [1.54, 1.807) is 38.1 Å². The Hall–Kier alpha value is -4.05. The molecule has 0 saturated heterocycles. The van der Waals surface area contributed by atoms with E-state index in [4.69, 9.17) is 9.47 Å². The molecule has 1 aromatic heterocycles. The minimum Gasteiger partial charge on any atom is -0.481 e. The molecule has 1 aliphatic rings. The van der Waals surface area contributed by atoms with Crippen molar-refractivity contribution in [3.8, 4) is 5.75 Å². The summed E-state index contributed by atoms with van der Waals surface area (Å²) in [6, 6.07) is 12.0. The molecule has 2 amide bonds. The Morgan fingerprint density at radius 2 is 1.79 bits per heavy atom. The van der Waals surface area contributed by atoms with E-state index in [-0.39, 0.29) is 18.3 Å². The fraction of sp³-hybridized carbons (Fsp3) is 0.286. The lowest BCUT2D eigenvalue weighted by Crippen LogP contribution is -2.33. The number of esters is 1. The number of thiophene rings is 1. The molecule has 198 valence electrons. The van der Waals surface area contributed by atoms with Crippen LogP contribution in [0.15, 0.2) is 53.6 Å². The number of nitrogens with zero attached hydrogens (tertiary/aromatic N) is 1. The predicted octanol–water partition coefficient (Wildman–Crippen LogP) is 5.11. The van der Waals surface area contributed by atoms with E-state index >= 15 is 0 Å². The maximum Gasteiger partial charge on any atom is 0.341 e. The van der Waals surface area contributed by atoms with Gasteiger partial charge < -0.3 is 14.8 Å². The van der Waals surface area contributed by atoms with Crippen LogP contribution in [0.25, 0.3) is 0 Å². The highest BCUT2D eigenvalue weighted by atomic mass is 32.1. The van der Waals surface area contributed by atoms with Crippen molar-refractivity contribution in [2.45, 2.75) is 45.6 Å². The molecule has 1 aliphatic carbocycles. The van der Waals surface area contributed by atoms with E-state index < -0.39 is 18.0 Å². The van der Waals surface area contributed by atoms with E-state index in [1.807, 2.05) is 0 Å². The number of rotatable bonds is 9. The SMILES string of the molecule is CCOC(=O)c1c(NC(=O)c2ccc(O[C@H](C)C(=O)N/N=C\c3ccc(F)cc3)cc2)sc2c1CCCC2. The van der Waals surface area contributed by atoms with Gasteiger partial charge in [0.25, 0.3) is 11.8 Å². The third-order valence-corrected chi connectivity index (χ3v) is 7.14. The Morgan fingerprint density at radius 3 is 2.50 bits per heavy atom. The Labute approximate surface area is 223 Å². The molecule has 0 fully saturated rings. The summed E-state index contributed by atoms with van der Waals surface area (Å²) in [7, 11) is 0. The Balaban J connectivity index is 1.36. The molecule has 4 rings (SSSR count). The maximum atomic E-state index is 13.0. The minimum absolute atomic E-state index is 0.259. The molecule has 2 aromatic carbocycles. The van der Waals surface area contributed by atoms with Crippen LogP contribution in [-0.4, -0.2) is 36.7 Å².